The number of carbonyl (C=O) groups is 2. The third-order valence-corrected chi connectivity index (χ3v) is 3.82. The van der Waals surface area contributed by atoms with Crippen molar-refractivity contribution in [3.8, 4) is 0 Å². The Bertz CT molecular complexity index is 301. The first kappa shape index (κ1) is 14.0. The lowest BCUT2D eigenvalue weighted by Crippen LogP contribution is -2.42. The van der Waals surface area contributed by atoms with E-state index in [4.69, 9.17) is 5.11 Å². The lowest BCUT2D eigenvalue weighted by atomic mass is 9.94. The van der Waals surface area contributed by atoms with Crippen molar-refractivity contribution in [2.75, 3.05) is 0 Å². The van der Waals surface area contributed by atoms with Gasteiger partial charge in [0.05, 0.1) is 11.8 Å². The Morgan fingerprint density at radius 3 is 2.18 bits per heavy atom. The van der Waals surface area contributed by atoms with Gasteiger partial charge >= 0.3 is 5.97 Å². The number of aliphatic carboxylic acids is 1. The maximum atomic E-state index is 12.0. The number of hydrogen-bond acceptors (Lipinski definition) is 2. The lowest BCUT2D eigenvalue weighted by molar-refractivity contribution is -0.146. The van der Waals surface area contributed by atoms with Gasteiger partial charge in [0.25, 0.3) is 0 Å². The largest absolute Gasteiger partial charge is 0.481 e. The van der Waals surface area contributed by atoms with Gasteiger partial charge in [0.2, 0.25) is 5.91 Å². The summed E-state index contributed by atoms with van der Waals surface area (Å²) in [6.45, 7) is 8.04. The summed E-state index contributed by atoms with van der Waals surface area (Å²) >= 11 is 0. The number of hydrogen-bond donors (Lipinski definition) is 2. The van der Waals surface area contributed by atoms with Gasteiger partial charge < -0.3 is 10.4 Å². The predicted molar refractivity (Wildman–Crippen MR) is 65.5 cm³/mol. The SMILES string of the molecule is CC1C[C@H](C(=O)NC(C)C(C)C)[C@H](C(=O)O)C1. The molecule has 0 saturated heterocycles. The van der Waals surface area contributed by atoms with Crippen molar-refractivity contribution in [1.82, 2.24) is 5.32 Å². The summed E-state index contributed by atoms with van der Waals surface area (Å²) in [5, 5.41) is 12.0. The monoisotopic (exact) mass is 241 g/mol. The van der Waals surface area contributed by atoms with Crippen LogP contribution >= 0.6 is 0 Å². The molecule has 2 unspecified atom stereocenters. The van der Waals surface area contributed by atoms with Crippen LogP contribution in [0.15, 0.2) is 0 Å². The first-order valence-electron chi connectivity index (χ1n) is 6.36. The average Bonchev–Trinajstić information content (AvgIpc) is 2.60. The fraction of sp³-hybridized carbons (Fsp3) is 0.846. The van der Waals surface area contributed by atoms with Crippen molar-refractivity contribution in [1.29, 1.82) is 0 Å². The fourth-order valence-corrected chi connectivity index (χ4v) is 2.35. The second kappa shape index (κ2) is 5.52. The molecular formula is C13H23NO3. The van der Waals surface area contributed by atoms with Gasteiger partial charge in [-0.3, -0.25) is 9.59 Å². The molecule has 1 rings (SSSR count). The molecule has 0 aromatic carbocycles. The molecule has 0 radical (unpaired) electrons. The summed E-state index contributed by atoms with van der Waals surface area (Å²) < 4.78 is 0. The Kier molecular flexibility index (Phi) is 4.54. The zero-order chi connectivity index (χ0) is 13.2. The van der Waals surface area contributed by atoms with E-state index in [-0.39, 0.29) is 17.9 Å². The number of rotatable bonds is 4. The number of carbonyl (C=O) groups excluding carboxylic acids is 1. The molecule has 0 heterocycles. The number of carboxylic acids is 1. The molecule has 17 heavy (non-hydrogen) atoms. The van der Waals surface area contributed by atoms with Crippen molar-refractivity contribution in [3.63, 3.8) is 0 Å². The molecule has 4 nitrogen and oxygen atoms in total. The molecule has 4 atom stereocenters. The summed E-state index contributed by atoms with van der Waals surface area (Å²) in [6.07, 6.45) is 1.30. The second-order valence-electron chi connectivity index (χ2n) is 5.67. The van der Waals surface area contributed by atoms with Crippen LogP contribution in [0, 0.1) is 23.7 Å². The zero-order valence-corrected chi connectivity index (χ0v) is 11.1. The van der Waals surface area contributed by atoms with E-state index in [0.717, 1.165) is 0 Å². The minimum absolute atomic E-state index is 0.0906. The van der Waals surface area contributed by atoms with Crippen LogP contribution in [-0.4, -0.2) is 23.0 Å². The molecular weight excluding hydrogens is 218 g/mol. The van der Waals surface area contributed by atoms with Crippen LogP contribution in [-0.2, 0) is 9.59 Å². The lowest BCUT2D eigenvalue weighted by Gasteiger charge is -2.22. The maximum Gasteiger partial charge on any atom is 0.307 e. The average molecular weight is 241 g/mol. The highest BCUT2D eigenvalue weighted by Gasteiger charge is 2.41. The molecule has 0 aliphatic heterocycles. The van der Waals surface area contributed by atoms with Crippen LogP contribution in [0.2, 0.25) is 0 Å². The van der Waals surface area contributed by atoms with Crippen LogP contribution in [0.1, 0.15) is 40.5 Å². The van der Waals surface area contributed by atoms with Crippen molar-refractivity contribution in [2.45, 2.75) is 46.6 Å². The van der Waals surface area contributed by atoms with Gasteiger partial charge in [-0.1, -0.05) is 20.8 Å². The fourth-order valence-electron chi connectivity index (χ4n) is 2.35. The molecule has 0 aromatic heterocycles. The second-order valence-corrected chi connectivity index (χ2v) is 5.67. The van der Waals surface area contributed by atoms with E-state index in [1.807, 2.05) is 27.7 Å². The standard InChI is InChI=1S/C13H23NO3/c1-7(2)9(4)14-12(15)10-5-8(3)6-11(10)13(16)17/h7-11H,5-6H2,1-4H3,(H,14,15)(H,16,17)/t8?,9?,10-,11+/m0/s1. The summed E-state index contributed by atoms with van der Waals surface area (Å²) in [5.41, 5.74) is 0. The van der Waals surface area contributed by atoms with Crippen molar-refractivity contribution < 1.29 is 14.7 Å². The normalized spacial score (nSPS) is 30.3. The molecule has 0 bridgehead atoms. The number of amides is 1. The minimum atomic E-state index is -0.841. The molecule has 4 heteroatoms. The topological polar surface area (TPSA) is 66.4 Å². The van der Waals surface area contributed by atoms with E-state index in [1.165, 1.54) is 0 Å². The maximum absolute atomic E-state index is 12.0. The molecule has 98 valence electrons. The highest BCUT2D eigenvalue weighted by atomic mass is 16.4. The smallest absolute Gasteiger partial charge is 0.307 e. The van der Waals surface area contributed by atoms with Gasteiger partial charge in [-0.25, -0.2) is 0 Å². The summed E-state index contributed by atoms with van der Waals surface area (Å²) in [7, 11) is 0. The van der Waals surface area contributed by atoms with Crippen LogP contribution in [0.25, 0.3) is 0 Å². The van der Waals surface area contributed by atoms with Gasteiger partial charge in [-0.15, -0.1) is 0 Å². The highest BCUT2D eigenvalue weighted by Crippen LogP contribution is 2.36. The van der Waals surface area contributed by atoms with Gasteiger partial charge in [0, 0.05) is 6.04 Å². The number of carboxylic acid groups (broad SMARTS) is 1. The van der Waals surface area contributed by atoms with E-state index >= 15 is 0 Å². The van der Waals surface area contributed by atoms with Gasteiger partial charge in [-0.05, 0) is 31.6 Å². The molecule has 0 aromatic rings. The summed E-state index contributed by atoms with van der Waals surface area (Å²) in [6, 6.07) is 0.0906. The van der Waals surface area contributed by atoms with Crippen LogP contribution in [0.5, 0.6) is 0 Å². The number of nitrogens with one attached hydrogen (secondary N) is 1. The minimum Gasteiger partial charge on any atom is -0.481 e. The third kappa shape index (κ3) is 3.45. The quantitative estimate of drug-likeness (QED) is 0.790. The molecule has 2 N–H and O–H groups in total. The molecule has 1 aliphatic rings. The Morgan fingerprint density at radius 2 is 1.71 bits per heavy atom. The predicted octanol–water partition coefficient (Wildman–Crippen LogP) is 1.89. The van der Waals surface area contributed by atoms with Crippen molar-refractivity contribution in [3.05, 3.63) is 0 Å². The van der Waals surface area contributed by atoms with E-state index in [9.17, 15) is 9.59 Å². The Hall–Kier alpha value is -1.06. The zero-order valence-electron chi connectivity index (χ0n) is 11.1. The van der Waals surface area contributed by atoms with E-state index in [2.05, 4.69) is 5.32 Å². The van der Waals surface area contributed by atoms with Crippen LogP contribution in [0.4, 0.5) is 0 Å². The van der Waals surface area contributed by atoms with Gasteiger partial charge in [0.15, 0.2) is 0 Å². The van der Waals surface area contributed by atoms with Crippen molar-refractivity contribution >= 4 is 11.9 Å². The Balaban J connectivity index is 2.64. The summed E-state index contributed by atoms with van der Waals surface area (Å²) in [4.78, 5) is 23.1. The van der Waals surface area contributed by atoms with Gasteiger partial charge in [0.1, 0.15) is 0 Å². The first-order chi connectivity index (χ1) is 7.82. The molecule has 1 amide bonds. The first-order valence-corrected chi connectivity index (χ1v) is 6.36. The highest BCUT2D eigenvalue weighted by molar-refractivity contribution is 5.85. The Morgan fingerprint density at radius 1 is 1.18 bits per heavy atom. The van der Waals surface area contributed by atoms with Crippen molar-refractivity contribution in [2.24, 2.45) is 23.7 Å². The molecule has 0 spiro atoms. The van der Waals surface area contributed by atoms with Gasteiger partial charge in [-0.2, -0.15) is 0 Å². The molecule has 1 aliphatic carbocycles. The Labute approximate surface area is 103 Å². The third-order valence-electron chi connectivity index (χ3n) is 3.82. The molecule has 1 fully saturated rings. The van der Waals surface area contributed by atoms with E-state index < -0.39 is 11.9 Å². The van der Waals surface area contributed by atoms with Crippen LogP contribution < -0.4 is 5.32 Å². The van der Waals surface area contributed by atoms with E-state index in [0.29, 0.717) is 24.7 Å². The van der Waals surface area contributed by atoms with E-state index in [1.54, 1.807) is 0 Å². The summed E-state index contributed by atoms with van der Waals surface area (Å²) in [5.74, 6) is -1.12. The van der Waals surface area contributed by atoms with Crippen LogP contribution in [0.3, 0.4) is 0 Å². The molecule has 1 saturated carbocycles.